The van der Waals surface area contributed by atoms with Crippen LogP contribution < -0.4 is 0 Å². The normalized spacial score (nSPS) is 35.3. The van der Waals surface area contributed by atoms with Gasteiger partial charge in [0.05, 0.1) is 6.10 Å². The summed E-state index contributed by atoms with van der Waals surface area (Å²) in [5.74, 6) is 0.588. The highest BCUT2D eigenvalue weighted by Gasteiger charge is 2.21. The van der Waals surface area contributed by atoms with E-state index in [-0.39, 0.29) is 12.7 Å². The fourth-order valence-corrected chi connectivity index (χ4v) is 1.49. The second-order valence-corrected chi connectivity index (χ2v) is 2.85. The van der Waals surface area contributed by atoms with Crippen LogP contribution in [-0.2, 0) is 0 Å². The van der Waals surface area contributed by atoms with Crippen molar-refractivity contribution in [3.05, 3.63) is 0 Å². The second-order valence-electron chi connectivity index (χ2n) is 2.85. The molecule has 0 aromatic heterocycles. The first-order chi connectivity index (χ1) is 4.33. The van der Waals surface area contributed by atoms with Gasteiger partial charge in [0.1, 0.15) is 0 Å². The van der Waals surface area contributed by atoms with E-state index in [0.29, 0.717) is 5.92 Å². The molecule has 1 saturated carbocycles. The van der Waals surface area contributed by atoms with Crippen molar-refractivity contribution < 1.29 is 10.2 Å². The van der Waals surface area contributed by atoms with E-state index in [9.17, 15) is 0 Å². The molecule has 2 N–H and O–H groups in total. The first-order valence-electron chi connectivity index (χ1n) is 3.62. The molecule has 1 rings (SSSR count). The summed E-state index contributed by atoms with van der Waals surface area (Å²) in [6.07, 6.45) is 3.73. The summed E-state index contributed by atoms with van der Waals surface area (Å²) < 4.78 is 0. The molecular weight excluding hydrogens is 116 g/mol. The van der Waals surface area contributed by atoms with E-state index in [2.05, 4.69) is 0 Å². The summed E-state index contributed by atoms with van der Waals surface area (Å²) in [5.41, 5.74) is 0. The Bertz CT molecular complexity index is 81.0. The maximum absolute atomic E-state index is 9.04. The summed E-state index contributed by atoms with van der Waals surface area (Å²) >= 11 is 0. The topological polar surface area (TPSA) is 40.5 Å². The summed E-state index contributed by atoms with van der Waals surface area (Å²) in [7, 11) is 0. The lowest BCUT2D eigenvalue weighted by molar-refractivity contribution is 0.173. The zero-order chi connectivity index (χ0) is 6.69. The quantitative estimate of drug-likeness (QED) is 0.572. The predicted molar refractivity (Wildman–Crippen MR) is 35.1 cm³/mol. The molecule has 0 saturated heterocycles. The molecule has 2 nitrogen and oxygen atoms in total. The van der Waals surface area contributed by atoms with E-state index in [1.807, 2.05) is 0 Å². The van der Waals surface area contributed by atoms with Gasteiger partial charge in [-0.3, -0.25) is 0 Å². The van der Waals surface area contributed by atoms with Crippen LogP contribution in [0, 0.1) is 5.92 Å². The van der Waals surface area contributed by atoms with E-state index in [4.69, 9.17) is 10.2 Å². The van der Waals surface area contributed by atoms with Crippen LogP contribution >= 0.6 is 0 Å². The van der Waals surface area contributed by atoms with Crippen molar-refractivity contribution in [2.75, 3.05) is 6.61 Å². The molecule has 2 heteroatoms. The summed E-state index contributed by atoms with van der Waals surface area (Å²) in [5, 5.41) is 17.6. The molecule has 0 radical (unpaired) electrons. The van der Waals surface area contributed by atoms with Crippen LogP contribution in [0.2, 0.25) is 0 Å². The highest BCUT2D eigenvalue weighted by Crippen LogP contribution is 2.27. The van der Waals surface area contributed by atoms with Crippen molar-refractivity contribution in [3.8, 4) is 0 Å². The monoisotopic (exact) mass is 130 g/mol. The van der Waals surface area contributed by atoms with Crippen molar-refractivity contribution in [1.82, 2.24) is 0 Å². The van der Waals surface area contributed by atoms with E-state index >= 15 is 0 Å². The van der Waals surface area contributed by atoms with Crippen molar-refractivity contribution in [3.63, 3.8) is 0 Å². The van der Waals surface area contributed by atoms with Crippen molar-refractivity contribution in [2.45, 2.75) is 31.8 Å². The average Bonchev–Trinajstić information content (AvgIpc) is 2.17. The Hall–Kier alpha value is -0.0800. The molecule has 0 aliphatic heterocycles. The Morgan fingerprint density at radius 2 is 2.11 bits per heavy atom. The first-order valence-corrected chi connectivity index (χ1v) is 3.62. The highest BCUT2D eigenvalue weighted by atomic mass is 16.3. The third kappa shape index (κ3) is 1.95. The standard InChI is InChI=1S/C7H14O2/c8-4-3-6-1-2-7(9)5-6/h6-9H,1-5H2/t6-,7-/m0/s1. The molecular formula is C7H14O2. The molecule has 0 heterocycles. The summed E-state index contributed by atoms with van der Waals surface area (Å²) in [6.45, 7) is 0.275. The van der Waals surface area contributed by atoms with Gasteiger partial charge in [-0.1, -0.05) is 0 Å². The number of aliphatic hydroxyl groups is 2. The minimum absolute atomic E-state index is 0.0819. The van der Waals surface area contributed by atoms with E-state index in [0.717, 1.165) is 25.7 Å². The van der Waals surface area contributed by atoms with Crippen molar-refractivity contribution >= 4 is 0 Å². The Kier molecular flexibility index (Phi) is 2.49. The van der Waals surface area contributed by atoms with Crippen LogP contribution in [0.4, 0.5) is 0 Å². The number of hydrogen-bond acceptors (Lipinski definition) is 2. The molecule has 0 bridgehead atoms. The van der Waals surface area contributed by atoms with Gasteiger partial charge in [0.15, 0.2) is 0 Å². The summed E-state index contributed by atoms with van der Waals surface area (Å²) in [6, 6.07) is 0. The number of aliphatic hydroxyl groups excluding tert-OH is 2. The van der Waals surface area contributed by atoms with Crippen LogP contribution in [0.1, 0.15) is 25.7 Å². The third-order valence-electron chi connectivity index (χ3n) is 2.05. The molecule has 1 fully saturated rings. The number of hydrogen-bond donors (Lipinski definition) is 2. The third-order valence-corrected chi connectivity index (χ3v) is 2.05. The molecule has 9 heavy (non-hydrogen) atoms. The van der Waals surface area contributed by atoms with Crippen molar-refractivity contribution in [2.24, 2.45) is 5.92 Å². The molecule has 1 aliphatic rings. The van der Waals surface area contributed by atoms with Gasteiger partial charge < -0.3 is 10.2 Å². The minimum Gasteiger partial charge on any atom is -0.396 e. The SMILES string of the molecule is OCC[C@@H]1CC[C@H](O)C1. The lowest BCUT2D eigenvalue weighted by Gasteiger charge is -2.04. The molecule has 2 atom stereocenters. The van der Waals surface area contributed by atoms with E-state index in [1.165, 1.54) is 0 Å². The van der Waals surface area contributed by atoms with Crippen LogP contribution in [0.3, 0.4) is 0 Å². The average molecular weight is 130 g/mol. The smallest absolute Gasteiger partial charge is 0.0543 e. The Labute approximate surface area is 55.5 Å². The van der Waals surface area contributed by atoms with Crippen molar-refractivity contribution in [1.29, 1.82) is 0 Å². The Morgan fingerprint density at radius 3 is 2.56 bits per heavy atom. The lowest BCUT2D eigenvalue weighted by Crippen LogP contribution is -2.01. The molecule has 1 aliphatic carbocycles. The molecule has 0 aromatic rings. The zero-order valence-corrected chi connectivity index (χ0v) is 5.58. The number of rotatable bonds is 2. The highest BCUT2D eigenvalue weighted by molar-refractivity contribution is 4.73. The van der Waals surface area contributed by atoms with Gasteiger partial charge in [0, 0.05) is 6.61 Å². The Morgan fingerprint density at radius 1 is 1.33 bits per heavy atom. The van der Waals surface area contributed by atoms with Gasteiger partial charge in [-0.15, -0.1) is 0 Å². The van der Waals surface area contributed by atoms with Gasteiger partial charge in [-0.2, -0.15) is 0 Å². The fraction of sp³-hybridized carbons (Fsp3) is 1.00. The van der Waals surface area contributed by atoms with Crippen LogP contribution in [0.15, 0.2) is 0 Å². The van der Waals surface area contributed by atoms with Gasteiger partial charge >= 0.3 is 0 Å². The summed E-state index contributed by atoms with van der Waals surface area (Å²) in [4.78, 5) is 0. The van der Waals surface area contributed by atoms with E-state index < -0.39 is 0 Å². The zero-order valence-electron chi connectivity index (χ0n) is 5.58. The molecule has 54 valence electrons. The second kappa shape index (κ2) is 3.18. The van der Waals surface area contributed by atoms with E-state index in [1.54, 1.807) is 0 Å². The molecule has 0 spiro atoms. The maximum atomic E-state index is 9.04. The van der Waals surface area contributed by atoms with Gasteiger partial charge in [0.25, 0.3) is 0 Å². The predicted octanol–water partition coefficient (Wildman–Crippen LogP) is 0.530. The molecule has 0 amide bonds. The Balaban J connectivity index is 2.14. The van der Waals surface area contributed by atoms with Gasteiger partial charge in [-0.25, -0.2) is 0 Å². The molecule has 0 aromatic carbocycles. The lowest BCUT2D eigenvalue weighted by atomic mass is 10.1. The molecule has 0 unspecified atom stereocenters. The van der Waals surface area contributed by atoms with Gasteiger partial charge in [-0.05, 0) is 31.6 Å². The van der Waals surface area contributed by atoms with Crippen LogP contribution in [-0.4, -0.2) is 22.9 Å². The largest absolute Gasteiger partial charge is 0.396 e. The maximum Gasteiger partial charge on any atom is 0.0543 e. The van der Waals surface area contributed by atoms with Crippen LogP contribution in [0.25, 0.3) is 0 Å². The first kappa shape index (κ1) is 7.03. The van der Waals surface area contributed by atoms with Gasteiger partial charge in [0.2, 0.25) is 0 Å². The minimum atomic E-state index is -0.0819. The van der Waals surface area contributed by atoms with Crippen LogP contribution in [0.5, 0.6) is 0 Å². The fourth-order valence-electron chi connectivity index (χ4n) is 1.49.